The lowest BCUT2D eigenvalue weighted by molar-refractivity contribution is 0.170. The molecule has 0 radical (unpaired) electrons. The van der Waals surface area contributed by atoms with E-state index in [-0.39, 0.29) is 6.04 Å². The lowest BCUT2D eigenvalue weighted by Crippen LogP contribution is -2.21. The van der Waals surface area contributed by atoms with Gasteiger partial charge in [-0.2, -0.15) is 0 Å². The highest BCUT2D eigenvalue weighted by atomic mass is 35.5. The summed E-state index contributed by atoms with van der Waals surface area (Å²) in [6.45, 7) is 0.542. The van der Waals surface area contributed by atoms with E-state index in [4.69, 9.17) is 27.9 Å². The normalized spacial score (nSPS) is 12.9. The second kappa shape index (κ2) is 5.56. The van der Waals surface area contributed by atoms with Crippen LogP contribution in [0.1, 0.15) is 11.6 Å². The number of ether oxygens (including phenoxy) is 1. The van der Waals surface area contributed by atoms with E-state index in [9.17, 15) is 0 Å². The Labute approximate surface area is 94.2 Å². The van der Waals surface area contributed by atoms with Gasteiger partial charge in [0, 0.05) is 22.7 Å². The van der Waals surface area contributed by atoms with Crippen molar-refractivity contribution < 1.29 is 4.74 Å². The van der Waals surface area contributed by atoms with Crippen molar-refractivity contribution in [2.75, 3.05) is 20.8 Å². The maximum Gasteiger partial charge on any atom is 0.0658 e. The van der Waals surface area contributed by atoms with E-state index in [1.54, 1.807) is 7.11 Å². The third-order valence-corrected chi connectivity index (χ3v) is 2.69. The van der Waals surface area contributed by atoms with Gasteiger partial charge in [-0.25, -0.2) is 0 Å². The van der Waals surface area contributed by atoms with E-state index in [1.165, 1.54) is 0 Å². The van der Waals surface area contributed by atoms with E-state index < -0.39 is 0 Å². The second-order valence-corrected chi connectivity index (χ2v) is 3.75. The van der Waals surface area contributed by atoms with Crippen molar-refractivity contribution in [1.82, 2.24) is 5.32 Å². The van der Waals surface area contributed by atoms with Gasteiger partial charge in [0.25, 0.3) is 0 Å². The highest BCUT2D eigenvalue weighted by molar-refractivity contribution is 6.36. The summed E-state index contributed by atoms with van der Waals surface area (Å²) in [4.78, 5) is 0. The fourth-order valence-electron chi connectivity index (χ4n) is 1.32. The van der Waals surface area contributed by atoms with Gasteiger partial charge in [0.2, 0.25) is 0 Å². The van der Waals surface area contributed by atoms with Crippen molar-refractivity contribution in [1.29, 1.82) is 0 Å². The third kappa shape index (κ3) is 2.61. The molecule has 1 N–H and O–H groups in total. The molecule has 0 aliphatic carbocycles. The van der Waals surface area contributed by atoms with Crippen LogP contribution in [-0.4, -0.2) is 20.8 Å². The molecule has 0 bridgehead atoms. The van der Waals surface area contributed by atoms with Crippen molar-refractivity contribution in [2.45, 2.75) is 6.04 Å². The fourth-order valence-corrected chi connectivity index (χ4v) is 1.98. The molecule has 14 heavy (non-hydrogen) atoms. The molecule has 0 amide bonds. The van der Waals surface area contributed by atoms with Crippen LogP contribution in [-0.2, 0) is 4.74 Å². The molecule has 0 aliphatic rings. The Hall–Kier alpha value is -0.280. The molecule has 4 heteroatoms. The lowest BCUT2D eigenvalue weighted by atomic mass is 10.1. The number of likely N-dealkylation sites (N-methyl/N-ethyl adjacent to an activating group) is 1. The lowest BCUT2D eigenvalue weighted by Gasteiger charge is -2.18. The average molecular weight is 234 g/mol. The molecule has 0 aromatic heterocycles. The summed E-state index contributed by atoms with van der Waals surface area (Å²) in [6, 6.07) is 5.50. The Kier molecular flexibility index (Phi) is 4.69. The van der Waals surface area contributed by atoms with Crippen molar-refractivity contribution in [3.63, 3.8) is 0 Å². The van der Waals surface area contributed by atoms with Crippen LogP contribution in [0.25, 0.3) is 0 Å². The number of hydrogen-bond donors (Lipinski definition) is 1. The molecule has 0 aliphatic heterocycles. The number of halogens is 2. The first-order valence-electron chi connectivity index (χ1n) is 4.30. The van der Waals surface area contributed by atoms with Gasteiger partial charge in [0.15, 0.2) is 0 Å². The molecule has 1 atom stereocenters. The molecular weight excluding hydrogens is 221 g/mol. The summed E-state index contributed by atoms with van der Waals surface area (Å²) >= 11 is 12.1. The van der Waals surface area contributed by atoms with Gasteiger partial charge in [0.1, 0.15) is 0 Å². The van der Waals surface area contributed by atoms with Crippen LogP contribution in [0.4, 0.5) is 0 Å². The van der Waals surface area contributed by atoms with E-state index in [1.807, 2.05) is 25.2 Å². The SMILES string of the molecule is CNC(COC)c1c(Cl)cccc1Cl. The topological polar surface area (TPSA) is 21.3 Å². The van der Waals surface area contributed by atoms with Gasteiger partial charge in [-0.15, -0.1) is 0 Å². The predicted octanol–water partition coefficient (Wildman–Crippen LogP) is 2.90. The number of methoxy groups -OCH3 is 1. The van der Waals surface area contributed by atoms with Gasteiger partial charge >= 0.3 is 0 Å². The highest BCUT2D eigenvalue weighted by Gasteiger charge is 2.15. The van der Waals surface area contributed by atoms with Gasteiger partial charge in [-0.05, 0) is 19.2 Å². The molecule has 0 fully saturated rings. The minimum atomic E-state index is 0.0289. The Bertz CT molecular complexity index is 284. The molecule has 78 valence electrons. The summed E-state index contributed by atoms with van der Waals surface area (Å²) in [5.74, 6) is 0. The smallest absolute Gasteiger partial charge is 0.0658 e. The molecule has 1 rings (SSSR count). The molecular formula is C10H13Cl2NO. The second-order valence-electron chi connectivity index (χ2n) is 2.93. The van der Waals surface area contributed by atoms with E-state index in [2.05, 4.69) is 5.32 Å². The van der Waals surface area contributed by atoms with Crippen molar-refractivity contribution in [3.8, 4) is 0 Å². The first-order valence-corrected chi connectivity index (χ1v) is 5.06. The van der Waals surface area contributed by atoms with Crippen molar-refractivity contribution >= 4 is 23.2 Å². The maximum atomic E-state index is 6.06. The van der Waals surface area contributed by atoms with Crippen LogP contribution >= 0.6 is 23.2 Å². The molecule has 1 unspecified atom stereocenters. The number of benzene rings is 1. The zero-order valence-corrected chi connectivity index (χ0v) is 9.69. The minimum Gasteiger partial charge on any atom is -0.383 e. The van der Waals surface area contributed by atoms with Crippen molar-refractivity contribution in [3.05, 3.63) is 33.8 Å². The van der Waals surface area contributed by atoms with Crippen LogP contribution in [0.5, 0.6) is 0 Å². The molecule has 1 aromatic carbocycles. The predicted molar refractivity (Wildman–Crippen MR) is 60.1 cm³/mol. The van der Waals surface area contributed by atoms with Crippen LogP contribution in [0, 0.1) is 0 Å². The summed E-state index contributed by atoms with van der Waals surface area (Å²) < 4.78 is 5.08. The zero-order chi connectivity index (χ0) is 10.6. The Balaban J connectivity index is 3.02. The first-order chi connectivity index (χ1) is 6.70. The number of rotatable bonds is 4. The summed E-state index contributed by atoms with van der Waals surface area (Å²) in [5.41, 5.74) is 0.889. The molecule has 0 saturated heterocycles. The first kappa shape index (κ1) is 11.8. The van der Waals surface area contributed by atoms with Crippen LogP contribution < -0.4 is 5.32 Å². The Morgan fingerprint density at radius 2 is 1.93 bits per heavy atom. The molecule has 2 nitrogen and oxygen atoms in total. The van der Waals surface area contributed by atoms with Crippen LogP contribution in [0.15, 0.2) is 18.2 Å². The number of hydrogen-bond acceptors (Lipinski definition) is 2. The standard InChI is InChI=1S/C10H13Cl2NO/c1-13-9(6-14-2)10-7(11)4-3-5-8(10)12/h3-5,9,13H,6H2,1-2H3. The summed E-state index contributed by atoms with van der Waals surface area (Å²) in [5, 5.41) is 4.43. The van der Waals surface area contributed by atoms with Gasteiger partial charge in [-0.3, -0.25) is 0 Å². The quantitative estimate of drug-likeness (QED) is 0.864. The molecule has 0 spiro atoms. The van der Waals surface area contributed by atoms with Crippen molar-refractivity contribution in [2.24, 2.45) is 0 Å². The van der Waals surface area contributed by atoms with Gasteiger partial charge in [-0.1, -0.05) is 29.3 Å². The minimum absolute atomic E-state index is 0.0289. The highest BCUT2D eigenvalue weighted by Crippen LogP contribution is 2.30. The Morgan fingerprint density at radius 3 is 2.36 bits per heavy atom. The van der Waals surface area contributed by atoms with E-state index in [0.29, 0.717) is 16.7 Å². The average Bonchev–Trinajstić information content (AvgIpc) is 2.16. The van der Waals surface area contributed by atoms with Gasteiger partial charge < -0.3 is 10.1 Å². The third-order valence-electron chi connectivity index (χ3n) is 2.03. The molecule has 0 heterocycles. The molecule has 1 aromatic rings. The Morgan fingerprint density at radius 1 is 1.36 bits per heavy atom. The van der Waals surface area contributed by atoms with Gasteiger partial charge in [0.05, 0.1) is 12.6 Å². The van der Waals surface area contributed by atoms with Crippen LogP contribution in [0.3, 0.4) is 0 Å². The molecule has 0 saturated carbocycles. The van der Waals surface area contributed by atoms with Crippen LogP contribution in [0.2, 0.25) is 10.0 Å². The summed E-state index contributed by atoms with van der Waals surface area (Å²) in [7, 11) is 3.50. The fraction of sp³-hybridized carbons (Fsp3) is 0.400. The summed E-state index contributed by atoms with van der Waals surface area (Å²) in [6.07, 6.45) is 0. The van der Waals surface area contributed by atoms with E-state index in [0.717, 1.165) is 5.56 Å². The number of nitrogens with one attached hydrogen (secondary N) is 1. The largest absolute Gasteiger partial charge is 0.383 e. The monoisotopic (exact) mass is 233 g/mol. The zero-order valence-electron chi connectivity index (χ0n) is 8.18. The maximum absolute atomic E-state index is 6.06. The van der Waals surface area contributed by atoms with E-state index >= 15 is 0 Å².